The van der Waals surface area contributed by atoms with E-state index in [0.717, 1.165) is 0 Å². The first-order valence-corrected chi connectivity index (χ1v) is 25.0. The van der Waals surface area contributed by atoms with Crippen LogP contribution in [0.1, 0.15) is 284 Å². The fourth-order valence-corrected chi connectivity index (χ4v) is 14.7. The molecule has 0 amide bonds. The van der Waals surface area contributed by atoms with Crippen LogP contribution in [0, 0.1) is 12.1 Å². The zero-order chi connectivity index (χ0) is 41.6. The minimum atomic E-state index is 0. The van der Waals surface area contributed by atoms with Crippen LogP contribution in [0.3, 0.4) is 0 Å². The summed E-state index contributed by atoms with van der Waals surface area (Å²) < 4.78 is 0. The third-order valence-electron chi connectivity index (χ3n) is 20.1. The molecule has 0 aromatic heterocycles. The van der Waals surface area contributed by atoms with Gasteiger partial charge in [0, 0.05) is 0 Å². The molecule has 6 rings (SSSR count). The Morgan fingerprint density at radius 2 is 0.403 bits per heavy atom. The predicted molar refractivity (Wildman–Crippen MR) is 247 cm³/mol. The van der Waals surface area contributed by atoms with Gasteiger partial charge in [-0.05, 0) is 120 Å². The summed E-state index contributed by atoms with van der Waals surface area (Å²) in [5, 5.41) is 0. The fraction of sp³-hybridized carbons (Fsp3) is 0.786. The van der Waals surface area contributed by atoms with Crippen molar-refractivity contribution in [2.24, 2.45) is 0 Å². The van der Waals surface area contributed by atoms with E-state index >= 15 is 0 Å². The maximum absolute atomic E-state index is 4.24. The zero-order valence-corrected chi connectivity index (χ0v) is 49.2. The van der Waals surface area contributed by atoms with E-state index in [0.29, 0.717) is 43.3 Å². The average Bonchev–Trinajstić information content (AvgIpc) is 3.92. The monoisotopic (exact) mass is 1170 g/mol. The van der Waals surface area contributed by atoms with Crippen LogP contribution >= 0.6 is 0 Å². The van der Waals surface area contributed by atoms with Crippen LogP contribution in [-0.4, -0.2) is 0 Å². The van der Waals surface area contributed by atoms with Gasteiger partial charge in [0.1, 0.15) is 0 Å². The normalized spacial score (nSPS) is 20.6. The molecule has 0 unspecified atom stereocenters. The van der Waals surface area contributed by atoms with Gasteiger partial charge in [0.25, 0.3) is 0 Å². The van der Waals surface area contributed by atoms with Crippen LogP contribution in [0.25, 0.3) is 0 Å². The molecule has 2 aromatic rings. The summed E-state index contributed by atoms with van der Waals surface area (Å²) in [6.45, 7) is 38.8. The topological polar surface area (TPSA) is 0 Å². The first-order chi connectivity index (χ1) is 26.7. The Balaban J connectivity index is 0. The summed E-state index contributed by atoms with van der Waals surface area (Å²) in [6.07, 6.45) is 25.5. The van der Waals surface area contributed by atoms with E-state index in [1.54, 1.807) is 44.5 Å². The second-order valence-corrected chi connectivity index (χ2v) is 20.3. The van der Waals surface area contributed by atoms with Crippen LogP contribution in [0.4, 0.5) is 0 Å². The molecule has 0 nitrogen and oxygen atoms in total. The van der Waals surface area contributed by atoms with E-state index in [2.05, 4.69) is 135 Å². The van der Waals surface area contributed by atoms with E-state index in [-0.39, 0.29) is 102 Å². The van der Waals surface area contributed by atoms with Gasteiger partial charge in [-0.2, -0.15) is 46.5 Å². The van der Waals surface area contributed by atoms with Crippen molar-refractivity contribution in [2.45, 2.75) is 283 Å². The van der Waals surface area contributed by atoms with Crippen molar-refractivity contribution in [2.75, 3.05) is 0 Å². The fourth-order valence-electron chi connectivity index (χ4n) is 14.7. The van der Waals surface area contributed by atoms with E-state index in [9.17, 15) is 0 Å². The molecule has 2 aromatic carbocycles. The van der Waals surface area contributed by atoms with Gasteiger partial charge in [0.15, 0.2) is 0 Å². The van der Waals surface area contributed by atoms with Crippen molar-refractivity contribution in [3.8, 4) is 0 Å². The molecule has 0 saturated heterocycles. The molecule has 62 heavy (non-hydrogen) atoms. The molecule has 372 valence electrons. The largest absolute Gasteiger partial charge is 1.00 e. The Morgan fingerprint density at radius 3 is 0.516 bits per heavy atom. The first kappa shape index (κ1) is 65.6. The molecule has 0 atom stereocenters. The Kier molecular flexibility index (Phi) is 26.3. The summed E-state index contributed by atoms with van der Waals surface area (Å²) in [4.78, 5) is 0. The second kappa shape index (κ2) is 24.9. The smallest absolute Gasteiger partial charge is 1.00 e. The minimum Gasteiger partial charge on any atom is -1.00 e. The zero-order valence-electron chi connectivity index (χ0n) is 42.3. The van der Waals surface area contributed by atoms with Crippen LogP contribution < -0.4 is 34.0 Å². The van der Waals surface area contributed by atoms with E-state index in [1.165, 1.54) is 128 Å². The molecule has 4 aliphatic rings. The van der Waals surface area contributed by atoms with Crippen molar-refractivity contribution in [1.82, 2.24) is 0 Å². The molecular weight excluding hydrogens is 1090 g/mol. The van der Waals surface area contributed by atoms with E-state index < -0.39 is 0 Å². The van der Waals surface area contributed by atoms with Crippen molar-refractivity contribution in [3.63, 3.8) is 0 Å². The quantitative estimate of drug-likeness (QED) is 0.116. The molecule has 4 aliphatic carbocycles. The molecule has 6 heteroatoms. The van der Waals surface area contributed by atoms with E-state index in [4.69, 9.17) is 0 Å². The minimum absolute atomic E-state index is 0. The molecule has 0 bridgehead atoms. The SMILES string of the molecule is CCC1(CC)CC(CC)(CC)c2cc3c([c-]c21)C(CC)(CC)CC3(CC)CC.CCC1(CC)CC(CC)(CC)c2cc3c([c-]c21)C(CC)(CC)CC3(CC)CC.[Br-].[Br-].[Cu+].[Cu+].[Cu+].[Cu+]. The summed E-state index contributed by atoms with van der Waals surface area (Å²) in [5.74, 6) is 0. The van der Waals surface area contributed by atoms with Gasteiger partial charge >= 0.3 is 68.3 Å². The molecule has 0 spiro atoms. The van der Waals surface area contributed by atoms with Crippen LogP contribution in [0.15, 0.2) is 12.1 Å². The molecule has 0 radical (unpaired) electrons. The third-order valence-corrected chi connectivity index (χ3v) is 20.1. The van der Waals surface area contributed by atoms with Crippen molar-refractivity contribution < 1.29 is 102 Å². The number of benzene rings is 2. The molecule has 0 fully saturated rings. The Morgan fingerprint density at radius 1 is 0.274 bits per heavy atom. The summed E-state index contributed by atoms with van der Waals surface area (Å²) in [5.41, 5.74) is 16.1. The van der Waals surface area contributed by atoms with E-state index in [1.807, 2.05) is 0 Å². The van der Waals surface area contributed by atoms with Gasteiger partial charge in [-0.1, -0.05) is 162 Å². The molecule has 0 N–H and O–H groups in total. The van der Waals surface area contributed by atoms with Crippen LogP contribution in [0.2, 0.25) is 0 Å². The number of halogens is 2. The summed E-state index contributed by atoms with van der Waals surface area (Å²) >= 11 is 0. The second-order valence-electron chi connectivity index (χ2n) is 20.3. The van der Waals surface area contributed by atoms with Gasteiger partial charge in [-0.3, -0.25) is 0 Å². The van der Waals surface area contributed by atoms with Crippen molar-refractivity contribution >= 4 is 0 Å². The Bertz CT molecular complexity index is 1310. The Hall–Kier alpha value is 1.48. The molecular formula is C56H90Br2Cu4. The third kappa shape index (κ3) is 9.55. The van der Waals surface area contributed by atoms with Gasteiger partial charge in [-0.25, -0.2) is 0 Å². The van der Waals surface area contributed by atoms with Crippen LogP contribution in [0.5, 0.6) is 0 Å². The van der Waals surface area contributed by atoms with Gasteiger partial charge in [0.05, 0.1) is 0 Å². The maximum Gasteiger partial charge on any atom is 1.00 e. The predicted octanol–water partition coefficient (Wildman–Crippen LogP) is 11.0. The number of hydrogen-bond donors (Lipinski definition) is 0. The number of fused-ring (bicyclic) bond motifs is 4. The first-order valence-electron chi connectivity index (χ1n) is 25.0. The summed E-state index contributed by atoms with van der Waals surface area (Å²) in [6, 6.07) is 14.0. The molecule has 0 heterocycles. The van der Waals surface area contributed by atoms with Crippen LogP contribution in [-0.2, 0) is 112 Å². The maximum atomic E-state index is 4.24. The number of rotatable bonds is 16. The summed E-state index contributed by atoms with van der Waals surface area (Å²) in [7, 11) is 0. The van der Waals surface area contributed by atoms with Crippen molar-refractivity contribution in [1.29, 1.82) is 0 Å². The van der Waals surface area contributed by atoms with Gasteiger partial charge in [0.2, 0.25) is 0 Å². The number of hydrogen-bond acceptors (Lipinski definition) is 0. The average molecular weight is 1180 g/mol. The Labute approximate surface area is 449 Å². The van der Waals surface area contributed by atoms with Gasteiger partial charge < -0.3 is 34.0 Å². The van der Waals surface area contributed by atoms with Gasteiger partial charge in [-0.15, -0.1) is 22.3 Å². The molecule has 0 saturated carbocycles. The van der Waals surface area contributed by atoms with Crippen molar-refractivity contribution in [3.05, 3.63) is 68.8 Å². The standard InChI is InChI=1S/2C28H45.2BrH.4Cu/c2*1-9-25(10-2)19-26(11-3,12-4)22-18-24-23(17-21(22)25)27(13-5,14-6)20-28(24,15-7)16-8;;;;;;/h2*17H,9-16,19-20H2,1-8H3;2*1H;;;;/q2*-1;;;4*+1/p-2. The molecule has 0 aliphatic heterocycles.